The molecule has 0 amide bonds. The second-order valence-electron chi connectivity index (χ2n) is 3.95. The van der Waals surface area contributed by atoms with E-state index < -0.39 is 0 Å². The highest BCUT2D eigenvalue weighted by atomic mass is 35.5. The summed E-state index contributed by atoms with van der Waals surface area (Å²) in [6.07, 6.45) is 0. The first kappa shape index (κ1) is 13.1. The number of nitrogen functional groups attached to an aromatic ring is 1. The van der Waals surface area contributed by atoms with Gasteiger partial charge in [0.15, 0.2) is 0 Å². The molecule has 1 aromatic carbocycles. The number of aryl methyl sites for hydroxylation is 2. The fraction of sp³-hybridized carbons (Fsp3) is 0.250. The summed E-state index contributed by atoms with van der Waals surface area (Å²) in [6.45, 7) is 2.21. The smallest absolute Gasteiger partial charge is 0.142 e. The largest absolute Gasteiger partial charge is 0.487 e. The van der Waals surface area contributed by atoms with E-state index in [0.29, 0.717) is 28.2 Å². The Hall–Kier alpha value is -1.39. The average molecular weight is 286 g/mol. The summed E-state index contributed by atoms with van der Waals surface area (Å²) in [7, 11) is 1.79. The quantitative estimate of drug-likeness (QED) is 0.881. The third-order valence-electron chi connectivity index (χ3n) is 2.61. The normalized spacial score (nSPS) is 10.7. The van der Waals surface area contributed by atoms with Gasteiger partial charge in [-0.3, -0.25) is 4.68 Å². The van der Waals surface area contributed by atoms with Crippen LogP contribution >= 0.6 is 23.2 Å². The van der Waals surface area contributed by atoms with E-state index in [-0.39, 0.29) is 0 Å². The molecule has 2 rings (SSSR count). The Balaban J connectivity index is 2.16. The van der Waals surface area contributed by atoms with E-state index in [1.165, 1.54) is 0 Å². The second kappa shape index (κ2) is 5.08. The van der Waals surface area contributed by atoms with Gasteiger partial charge in [0.2, 0.25) is 0 Å². The van der Waals surface area contributed by atoms with Crippen molar-refractivity contribution in [1.29, 1.82) is 0 Å². The summed E-state index contributed by atoms with van der Waals surface area (Å²) in [5.74, 6) is 0.582. The maximum Gasteiger partial charge on any atom is 0.142 e. The topological polar surface area (TPSA) is 53.1 Å². The van der Waals surface area contributed by atoms with Crippen molar-refractivity contribution in [3.8, 4) is 5.75 Å². The number of aromatic nitrogens is 2. The Bertz CT molecular complexity index is 581. The van der Waals surface area contributed by atoms with Crippen molar-refractivity contribution >= 4 is 28.9 Å². The summed E-state index contributed by atoms with van der Waals surface area (Å²) < 4.78 is 7.24. The third kappa shape index (κ3) is 2.54. The Labute approximate surface area is 115 Å². The SMILES string of the molecule is Cc1nn(C)c(Cl)c1COc1ccc(Cl)cc1N. The van der Waals surface area contributed by atoms with E-state index in [0.717, 1.165) is 11.3 Å². The fourth-order valence-corrected chi connectivity index (χ4v) is 2.05. The zero-order valence-electron chi connectivity index (χ0n) is 10.1. The maximum absolute atomic E-state index is 6.11. The van der Waals surface area contributed by atoms with Crippen molar-refractivity contribution in [2.75, 3.05) is 5.73 Å². The van der Waals surface area contributed by atoms with Crippen molar-refractivity contribution < 1.29 is 4.74 Å². The van der Waals surface area contributed by atoms with Crippen LogP contribution < -0.4 is 10.5 Å². The molecule has 0 atom stereocenters. The predicted octanol–water partition coefficient (Wildman–Crippen LogP) is 3.20. The van der Waals surface area contributed by atoms with Gasteiger partial charge >= 0.3 is 0 Å². The summed E-state index contributed by atoms with van der Waals surface area (Å²) in [6, 6.07) is 5.11. The Morgan fingerprint density at radius 1 is 1.39 bits per heavy atom. The van der Waals surface area contributed by atoms with Crippen LogP contribution in [0.25, 0.3) is 0 Å². The summed E-state index contributed by atoms with van der Waals surface area (Å²) in [5, 5.41) is 5.36. The molecule has 0 unspecified atom stereocenters. The molecular formula is C12H13Cl2N3O. The highest BCUT2D eigenvalue weighted by Crippen LogP contribution is 2.27. The first-order valence-corrected chi connectivity index (χ1v) is 6.10. The number of hydrogen-bond donors (Lipinski definition) is 1. The molecule has 2 aromatic rings. The Kier molecular flexibility index (Phi) is 3.68. The minimum absolute atomic E-state index is 0.324. The zero-order valence-corrected chi connectivity index (χ0v) is 11.6. The van der Waals surface area contributed by atoms with Crippen LogP contribution in [0.3, 0.4) is 0 Å². The molecule has 0 radical (unpaired) electrons. The van der Waals surface area contributed by atoms with Crippen molar-refractivity contribution in [3.05, 3.63) is 39.6 Å². The van der Waals surface area contributed by atoms with E-state index in [9.17, 15) is 0 Å². The van der Waals surface area contributed by atoms with E-state index in [1.54, 1.807) is 29.9 Å². The summed E-state index contributed by atoms with van der Waals surface area (Å²) in [4.78, 5) is 0. The van der Waals surface area contributed by atoms with Crippen LogP contribution in [0.5, 0.6) is 5.75 Å². The molecule has 96 valence electrons. The molecule has 4 nitrogen and oxygen atoms in total. The van der Waals surface area contributed by atoms with E-state index in [1.807, 2.05) is 6.92 Å². The number of benzene rings is 1. The Morgan fingerprint density at radius 2 is 2.11 bits per heavy atom. The molecule has 0 fully saturated rings. The summed E-state index contributed by atoms with van der Waals surface area (Å²) in [5.41, 5.74) is 8.00. The van der Waals surface area contributed by atoms with Crippen LogP contribution in [-0.4, -0.2) is 9.78 Å². The van der Waals surface area contributed by atoms with Crippen molar-refractivity contribution in [2.45, 2.75) is 13.5 Å². The molecule has 0 aliphatic carbocycles. The van der Waals surface area contributed by atoms with Crippen molar-refractivity contribution in [1.82, 2.24) is 9.78 Å². The first-order valence-electron chi connectivity index (χ1n) is 5.35. The van der Waals surface area contributed by atoms with Gasteiger partial charge in [0, 0.05) is 17.6 Å². The highest BCUT2D eigenvalue weighted by Gasteiger charge is 2.12. The molecule has 0 aliphatic heterocycles. The number of halogens is 2. The molecule has 0 saturated carbocycles. The van der Waals surface area contributed by atoms with Gasteiger partial charge in [-0.15, -0.1) is 0 Å². The predicted molar refractivity (Wildman–Crippen MR) is 73.2 cm³/mol. The van der Waals surface area contributed by atoms with Gasteiger partial charge in [0.05, 0.1) is 11.4 Å². The lowest BCUT2D eigenvalue weighted by molar-refractivity contribution is 0.307. The molecular weight excluding hydrogens is 273 g/mol. The minimum Gasteiger partial charge on any atom is -0.487 e. The van der Waals surface area contributed by atoms with Crippen LogP contribution in [0.15, 0.2) is 18.2 Å². The number of anilines is 1. The van der Waals surface area contributed by atoms with Crippen LogP contribution in [0, 0.1) is 6.92 Å². The van der Waals surface area contributed by atoms with Gasteiger partial charge < -0.3 is 10.5 Å². The fourth-order valence-electron chi connectivity index (χ4n) is 1.64. The molecule has 1 heterocycles. The lowest BCUT2D eigenvalue weighted by Gasteiger charge is -2.08. The molecule has 18 heavy (non-hydrogen) atoms. The number of nitrogens with zero attached hydrogens (tertiary/aromatic N) is 2. The number of ether oxygens (including phenoxy) is 1. The highest BCUT2D eigenvalue weighted by molar-refractivity contribution is 6.31. The molecule has 0 spiro atoms. The second-order valence-corrected chi connectivity index (χ2v) is 4.74. The number of hydrogen-bond acceptors (Lipinski definition) is 3. The van der Waals surface area contributed by atoms with Crippen molar-refractivity contribution in [3.63, 3.8) is 0 Å². The van der Waals surface area contributed by atoms with Gasteiger partial charge in [0.25, 0.3) is 0 Å². The maximum atomic E-state index is 6.11. The van der Waals surface area contributed by atoms with Crippen LogP contribution in [0.4, 0.5) is 5.69 Å². The average Bonchev–Trinajstić information content (AvgIpc) is 2.53. The lowest BCUT2D eigenvalue weighted by Crippen LogP contribution is -2.00. The monoisotopic (exact) mass is 285 g/mol. The molecule has 0 bridgehead atoms. The standard InChI is InChI=1S/C12H13Cl2N3O/c1-7-9(12(14)17(2)16-7)6-18-11-4-3-8(13)5-10(11)15/h3-5H,6,15H2,1-2H3. The molecule has 0 aliphatic rings. The number of nitrogens with two attached hydrogens (primary N) is 1. The third-order valence-corrected chi connectivity index (χ3v) is 3.32. The van der Waals surface area contributed by atoms with Crippen LogP contribution in [0.1, 0.15) is 11.3 Å². The molecule has 0 saturated heterocycles. The van der Waals surface area contributed by atoms with E-state index in [4.69, 9.17) is 33.7 Å². The lowest BCUT2D eigenvalue weighted by atomic mass is 10.2. The van der Waals surface area contributed by atoms with Crippen LogP contribution in [0.2, 0.25) is 10.2 Å². The minimum atomic E-state index is 0.324. The first-order chi connectivity index (χ1) is 8.49. The number of rotatable bonds is 3. The molecule has 6 heteroatoms. The van der Waals surface area contributed by atoms with Gasteiger partial charge in [-0.2, -0.15) is 5.10 Å². The van der Waals surface area contributed by atoms with Gasteiger partial charge in [-0.25, -0.2) is 0 Å². The van der Waals surface area contributed by atoms with E-state index in [2.05, 4.69) is 5.10 Å². The molecule has 2 N–H and O–H groups in total. The van der Waals surface area contributed by atoms with Crippen LogP contribution in [-0.2, 0) is 13.7 Å². The summed E-state index contributed by atoms with van der Waals surface area (Å²) >= 11 is 11.9. The van der Waals surface area contributed by atoms with Gasteiger partial charge in [-0.05, 0) is 25.1 Å². The van der Waals surface area contributed by atoms with Crippen molar-refractivity contribution in [2.24, 2.45) is 7.05 Å². The Morgan fingerprint density at radius 3 is 2.67 bits per heavy atom. The van der Waals surface area contributed by atoms with E-state index >= 15 is 0 Å². The van der Waals surface area contributed by atoms with Gasteiger partial charge in [0.1, 0.15) is 17.5 Å². The van der Waals surface area contributed by atoms with Gasteiger partial charge in [-0.1, -0.05) is 23.2 Å². The zero-order chi connectivity index (χ0) is 13.3. The molecule has 1 aromatic heterocycles.